The fraction of sp³-hybridized carbons (Fsp3) is 0.143. The van der Waals surface area contributed by atoms with Crippen molar-refractivity contribution in [2.24, 2.45) is 4.99 Å². The van der Waals surface area contributed by atoms with E-state index in [1.165, 1.54) is 6.92 Å². The molecule has 0 saturated carbocycles. The van der Waals surface area contributed by atoms with E-state index in [2.05, 4.69) is 0 Å². The van der Waals surface area contributed by atoms with Crippen LogP contribution < -0.4 is 0 Å². The molecule has 6 heteroatoms. The van der Waals surface area contributed by atoms with Crippen LogP contribution in [0.15, 0.2) is 41.4 Å². The number of ketones is 1. The molecule has 3 aromatic carbocycles. The summed E-state index contributed by atoms with van der Waals surface area (Å²) in [4.78, 5) is 17.0. The molecule has 0 fully saturated rings. The zero-order valence-corrected chi connectivity index (χ0v) is 17.9. The third kappa shape index (κ3) is 3.60. The molecule has 0 amide bonds. The molecule has 0 atom stereocenters. The predicted octanol–water partition coefficient (Wildman–Crippen LogP) is 8.11. The third-order valence-corrected chi connectivity index (χ3v) is 6.16. The number of carbonyl (C=O) groups is 1. The van der Waals surface area contributed by atoms with E-state index < -0.39 is 0 Å². The highest BCUT2D eigenvalue weighted by Gasteiger charge is 2.24. The molecule has 0 aliphatic carbocycles. The van der Waals surface area contributed by atoms with Gasteiger partial charge in [0, 0.05) is 22.2 Å². The van der Waals surface area contributed by atoms with Crippen LogP contribution in [0.3, 0.4) is 0 Å². The van der Waals surface area contributed by atoms with Crippen LogP contribution in [0.4, 0.5) is 5.69 Å². The molecule has 0 aliphatic rings. The van der Waals surface area contributed by atoms with Crippen LogP contribution in [0.25, 0.3) is 10.8 Å². The van der Waals surface area contributed by atoms with Gasteiger partial charge >= 0.3 is 0 Å². The summed E-state index contributed by atoms with van der Waals surface area (Å²) in [6.07, 6.45) is 0. The van der Waals surface area contributed by atoms with E-state index in [1.807, 2.05) is 43.3 Å². The van der Waals surface area contributed by atoms with Crippen molar-refractivity contribution in [3.05, 3.63) is 73.2 Å². The number of aliphatic imine (C=N–C) groups is 1. The topological polar surface area (TPSA) is 29.4 Å². The molecule has 27 heavy (non-hydrogen) atoms. The van der Waals surface area contributed by atoms with E-state index >= 15 is 0 Å². The second kappa shape index (κ2) is 7.81. The van der Waals surface area contributed by atoms with Crippen molar-refractivity contribution in [3.8, 4) is 0 Å². The summed E-state index contributed by atoms with van der Waals surface area (Å²) < 4.78 is 0. The number of fused-ring (bicyclic) bond motifs is 1. The van der Waals surface area contributed by atoms with Gasteiger partial charge in [0.1, 0.15) is 0 Å². The van der Waals surface area contributed by atoms with Gasteiger partial charge in [0.15, 0.2) is 5.78 Å². The molecule has 138 valence electrons. The number of hydrogen-bond acceptors (Lipinski definition) is 2. The summed E-state index contributed by atoms with van der Waals surface area (Å²) in [5, 5.41) is 2.52. The molecule has 0 N–H and O–H groups in total. The zero-order valence-electron chi connectivity index (χ0n) is 14.8. The van der Waals surface area contributed by atoms with Gasteiger partial charge in [-0.3, -0.25) is 9.79 Å². The first-order valence-electron chi connectivity index (χ1n) is 8.15. The molecule has 0 unspecified atom stereocenters. The van der Waals surface area contributed by atoms with E-state index in [1.54, 1.807) is 6.92 Å². The number of halogens is 4. The Bertz CT molecular complexity index is 1110. The standard InChI is InChI=1S/C21H15Cl4NO/c1-10-6-4-7-13-8-5-9-14(15(10)13)26-11(2)16-17(12(3)27)19(23)21(25)20(24)18(16)22/h4-9H,1-3H3/b26-11+. The molecule has 0 spiro atoms. The number of benzene rings is 3. The van der Waals surface area contributed by atoms with Crippen molar-refractivity contribution in [3.63, 3.8) is 0 Å². The number of Topliss-reactive ketones (excluding diaryl/α,β-unsaturated/α-hetero) is 1. The minimum absolute atomic E-state index is 0.0612. The molecule has 0 aromatic heterocycles. The number of hydrogen-bond donors (Lipinski definition) is 0. The average Bonchev–Trinajstić information content (AvgIpc) is 2.62. The maximum atomic E-state index is 12.2. The van der Waals surface area contributed by atoms with E-state index in [0.717, 1.165) is 22.0 Å². The van der Waals surface area contributed by atoms with Crippen molar-refractivity contribution in [2.45, 2.75) is 20.8 Å². The summed E-state index contributed by atoms with van der Waals surface area (Å²) in [7, 11) is 0. The molecule has 0 aliphatic heterocycles. The Labute approximate surface area is 177 Å². The molecule has 0 bridgehead atoms. The lowest BCUT2D eigenvalue weighted by Gasteiger charge is -2.15. The van der Waals surface area contributed by atoms with E-state index in [9.17, 15) is 4.79 Å². The SMILES string of the molecule is CC(=O)c1c(Cl)c(Cl)c(Cl)c(Cl)c1/C(C)=N/c1cccc2cccc(C)c12. The summed E-state index contributed by atoms with van der Waals surface area (Å²) in [5.41, 5.74) is 3.02. The van der Waals surface area contributed by atoms with E-state index in [0.29, 0.717) is 11.3 Å². The minimum atomic E-state index is -0.265. The normalized spacial score (nSPS) is 11.9. The van der Waals surface area contributed by atoms with Gasteiger partial charge in [-0.15, -0.1) is 0 Å². The Hall–Kier alpha value is -1.58. The predicted molar refractivity (Wildman–Crippen MR) is 117 cm³/mol. The van der Waals surface area contributed by atoms with Gasteiger partial charge in [-0.05, 0) is 37.8 Å². The average molecular weight is 439 g/mol. The van der Waals surface area contributed by atoms with Crippen molar-refractivity contribution < 1.29 is 4.79 Å². The molecule has 0 heterocycles. The van der Waals surface area contributed by atoms with Gasteiger partial charge in [-0.2, -0.15) is 0 Å². The molecular weight excluding hydrogens is 424 g/mol. The van der Waals surface area contributed by atoms with E-state index in [-0.39, 0.29) is 31.4 Å². The zero-order chi connectivity index (χ0) is 19.9. The van der Waals surface area contributed by atoms with Crippen molar-refractivity contribution >= 4 is 74.4 Å². The molecule has 0 radical (unpaired) electrons. The van der Waals surface area contributed by atoms with Gasteiger partial charge in [-0.25, -0.2) is 0 Å². The maximum absolute atomic E-state index is 12.2. The summed E-state index contributed by atoms with van der Waals surface area (Å²) >= 11 is 25.1. The van der Waals surface area contributed by atoms with Gasteiger partial charge in [0.05, 0.1) is 25.8 Å². The first-order chi connectivity index (χ1) is 12.7. The molecule has 0 saturated heterocycles. The maximum Gasteiger partial charge on any atom is 0.162 e. The molecule has 2 nitrogen and oxygen atoms in total. The number of aryl methyl sites for hydroxylation is 1. The van der Waals surface area contributed by atoms with Crippen LogP contribution in [-0.4, -0.2) is 11.5 Å². The first kappa shape index (κ1) is 20.2. The van der Waals surface area contributed by atoms with Crippen LogP contribution >= 0.6 is 46.4 Å². The Morgan fingerprint density at radius 2 is 1.37 bits per heavy atom. The lowest BCUT2D eigenvalue weighted by molar-refractivity contribution is 0.101. The van der Waals surface area contributed by atoms with Gasteiger partial charge in [-0.1, -0.05) is 76.7 Å². The van der Waals surface area contributed by atoms with Crippen LogP contribution in [0.2, 0.25) is 20.1 Å². The molecule has 3 rings (SSSR count). The van der Waals surface area contributed by atoms with Crippen LogP contribution in [0, 0.1) is 6.92 Å². The smallest absolute Gasteiger partial charge is 0.162 e. The quantitative estimate of drug-likeness (QED) is 0.176. The van der Waals surface area contributed by atoms with Crippen molar-refractivity contribution in [1.82, 2.24) is 0 Å². The Morgan fingerprint density at radius 1 is 0.815 bits per heavy atom. The Kier molecular flexibility index (Phi) is 5.83. The Balaban J connectivity index is 2.32. The van der Waals surface area contributed by atoms with Crippen molar-refractivity contribution in [1.29, 1.82) is 0 Å². The molecule has 3 aromatic rings. The number of rotatable bonds is 3. The number of carbonyl (C=O) groups excluding carboxylic acids is 1. The highest BCUT2D eigenvalue weighted by Crippen LogP contribution is 2.42. The Morgan fingerprint density at radius 3 is 1.96 bits per heavy atom. The lowest BCUT2D eigenvalue weighted by Crippen LogP contribution is -2.08. The monoisotopic (exact) mass is 437 g/mol. The van der Waals surface area contributed by atoms with Gasteiger partial charge in [0.2, 0.25) is 0 Å². The third-order valence-electron chi connectivity index (χ3n) is 4.36. The summed E-state index contributed by atoms with van der Waals surface area (Å²) in [6.45, 7) is 5.20. The lowest BCUT2D eigenvalue weighted by atomic mass is 9.99. The molecular formula is C21H15Cl4NO. The summed E-state index contributed by atoms with van der Waals surface area (Å²) in [5.74, 6) is -0.265. The second-order valence-electron chi connectivity index (χ2n) is 6.21. The van der Waals surface area contributed by atoms with Crippen LogP contribution in [0.1, 0.15) is 35.3 Å². The first-order valence-corrected chi connectivity index (χ1v) is 9.66. The van der Waals surface area contributed by atoms with Crippen LogP contribution in [0.5, 0.6) is 0 Å². The largest absolute Gasteiger partial charge is 0.294 e. The fourth-order valence-corrected chi connectivity index (χ4v) is 4.26. The van der Waals surface area contributed by atoms with E-state index in [4.69, 9.17) is 51.4 Å². The fourth-order valence-electron chi connectivity index (χ4n) is 3.14. The van der Waals surface area contributed by atoms with Gasteiger partial charge < -0.3 is 0 Å². The summed E-state index contributed by atoms with van der Waals surface area (Å²) in [6, 6.07) is 11.9. The highest BCUT2D eigenvalue weighted by molar-refractivity contribution is 6.54. The van der Waals surface area contributed by atoms with Crippen molar-refractivity contribution in [2.75, 3.05) is 0 Å². The second-order valence-corrected chi connectivity index (χ2v) is 7.72. The highest BCUT2D eigenvalue weighted by atomic mass is 35.5. The number of nitrogens with zero attached hydrogens (tertiary/aromatic N) is 1. The van der Waals surface area contributed by atoms with Gasteiger partial charge in [0.25, 0.3) is 0 Å². The minimum Gasteiger partial charge on any atom is -0.294 e. The van der Waals surface area contributed by atoms with Crippen LogP contribution in [-0.2, 0) is 0 Å².